The number of phenolic OH excluding ortho intramolecular Hbond substituents is 1. The Labute approximate surface area is 182 Å². The van der Waals surface area contributed by atoms with Gasteiger partial charge in [0.05, 0.1) is 6.61 Å². The summed E-state index contributed by atoms with van der Waals surface area (Å²) in [5.41, 5.74) is 1.68. The molecule has 3 aromatic rings. The second-order valence-corrected chi connectivity index (χ2v) is 7.79. The first-order chi connectivity index (χ1) is 15.3. The SMILES string of the molecule is Cc1c(Cc2ccccc2)c(=O)oc2cc(O[C@@H]3OC(CO)[C@@H](O)[C@@H](O)C3O)c(O)cc12. The van der Waals surface area contributed by atoms with E-state index >= 15 is 0 Å². The van der Waals surface area contributed by atoms with Crippen molar-refractivity contribution in [3.05, 3.63) is 69.6 Å². The van der Waals surface area contributed by atoms with Crippen molar-refractivity contribution in [2.24, 2.45) is 0 Å². The van der Waals surface area contributed by atoms with Gasteiger partial charge in [0.1, 0.15) is 30.0 Å². The summed E-state index contributed by atoms with van der Waals surface area (Å²) in [6.45, 7) is 1.14. The van der Waals surface area contributed by atoms with Crippen LogP contribution in [0.4, 0.5) is 0 Å². The van der Waals surface area contributed by atoms with Crippen LogP contribution < -0.4 is 10.4 Å². The third kappa shape index (κ3) is 4.08. The van der Waals surface area contributed by atoms with Crippen molar-refractivity contribution in [2.45, 2.75) is 44.1 Å². The van der Waals surface area contributed by atoms with Gasteiger partial charge in [0.15, 0.2) is 11.5 Å². The number of rotatable bonds is 5. The van der Waals surface area contributed by atoms with E-state index in [9.17, 15) is 30.3 Å². The Balaban J connectivity index is 1.67. The van der Waals surface area contributed by atoms with Crippen molar-refractivity contribution in [3.63, 3.8) is 0 Å². The van der Waals surface area contributed by atoms with Crippen LogP contribution in [0, 0.1) is 6.92 Å². The maximum Gasteiger partial charge on any atom is 0.340 e. The third-order valence-electron chi connectivity index (χ3n) is 5.68. The number of phenols is 1. The maximum atomic E-state index is 12.6. The minimum absolute atomic E-state index is 0.154. The summed E-state index contributed by atoms with van der Waals surface area (Å²) < 4.78 is 16.3. The van der Waals surface area contributed by atoms with Crippen LogP contribution in [0.1, 0.15) is 16.7 Å². The van der Waals surface area contributed by atoms with Gasteiger partial charge < -0.3 is 39.4 Å². The molecular weight excluding hydrogens is 420 g/mol. The molecule has 1 aromatic heterocycles. The standard InChI is InChI=1S/C23H24O9/c1-11-13-8-15(25)17(31-23-21(28)20(27)19(26)18(10-24)32-23)9-16(13)30-22(29)14(11)7-12-5-3-2-4-6-12/h2-6,8-9,18-21,23-28H,7,10H2,1H3/t18?,19-,20-,21?,23-/m1/s1. The minimum atomic E-state index is -1.65. The number of aromatic hydroxyl groups is 1. The molecule has 0 aliphatic carbocycles. The van der Waals surface area contributed by atoms with E-state index in [1.165, 1.54) is 12.1 Å². The first-order valence-corrected chi connectivity index (χ1v) is 10.1. The Morgan fingerprint density at radius 3 is 2.44 bits per heavy atom. The van der Waals surface area contributed by atoms with Gasteiger partial charge >= 0.3 is 5.63 Å². The average molecular weight is 444 g/mol. The molecule has 5 atom stereocenters. The number of aliphatic hydroxyl groups excluding tert-OH is 4. The van der Waals surface area contributed by atoms with Crippen LogP contribution in [-0.4, -0.2) is 62.8 Å². The smallest absolute Gasteiger partial charge is 0.340 e. The van der Waals surface area contributed by atoms with Crippen LogP contribution in [0.15, 0.2) is 51.7 Å². The predicted octanol–water partition coefficient (Wildman–Crippen LogP) is 0.577. The first kappa shape index (κ1) is 22.3. The van der Waals surface area contributed by atoms with Crippen LogP contribution in [-0.2, 0) is 11.2 Å². The van der Waals surface area contributed by atoms with Gasteiger partial charge in [0.2, 0.25) is 6.29 Å². The van der Waals surface area contributed by atoms with Crippen LogP contribution in [0.25, 0.3) is 11.0 Å². The van der Waals surface area contributed by atoms with E-state index in [1.807, 2.05) is 30.3 Å². The highest BCUT2D eigenvalue weighted by atomic mass is 16.7. The van der Waals surface area contributed by atoms with Crippen molar-refractivity contribution in [1.82, 2.24) is 0 Å². The van der Waals surface area contributed by atoms with Gasteiger partial charge in [0.25, 0.3) is 0 Å². The lowest BCUT2D eigenvalue weighted by Gasteiger charge is -2.39. The van der Waals surface area contributed by atoms with Crippen molar-refractivity contribution >= 4 is 11.0 Å². The molecular formula is C23H24O9. The minimum Gasteiger partial charge on any atom is -0.504 e. The van der Waals surface area contributed by atoms with Crippen molar-refractivity contribution in [1.29, 1.82) is 0 Å². The molecule has 9 heteroatoms. The molecule has 2 aromatic carbocycles. The Hall–Kier alpha value is -2.95. The molecule has 9 nitrogen and oxygen atoms in total. The second kappa shape index (κ2) is 8.89. The third-order valence-corrected chi connectivity index (χ3v) is 5.68. The lowest BCUT2D eigenvalue weighted by molar-refractivity contribution is -0.277. The zero-order chi connectivity index (χ0) is 23.0. The lowest BCUT2D eigenvalue weighted by atomic mass is 9.99. The number of hydrogen-bond donors (Lipinski definition) is 5. The Kier molecular flexibility index (Phi) is 6.18. The van der Waals surface area contributed by atoms with Gasteiger partial charge in [-0.3, -0.25) is 0 Å². The predicted molar refractivity (Wildman–Crippen MR) is 113 cm³/mol. The highest BCUT2D eigenvalue weighted by Crippen LogP contribution is 2.35. The van der Waals surface area contributed by atoms with Crippen molar-refractivity contribution in [3.8, 4) is 11.5 Å². The van der Waals surface area contributed by atoms with Gasteiger partial charge in [-0.05, 0) is 24.1 Å². The highest BCUT2D eigenvalue weighted by molar-refractivity contribution is 5.84. The first-order valence-electron chi connectivity index (χ1n) is 10.1. The molecule has 2 heterocycles. The van der Waals surface area contributed by atoms with Crippen LogP contribution in [0.2, 0.25) is 0 Å². The molecule has 2 unspecified atom stereocenters. The van der Waals surface area contributed by atoms with E-state index in [2.05, 4.69) is 0 Å². The van der Waals surface area contributed by atoms with Gasteiger partial charge in [-0.25, -0.2) is 4.79 Å². The second-order valence-electron chi connectivity index (χ2n) is 7.79. The summed E-state index contributed by atoms with van der Waals surface area (Å²) in [6, 6.07) is 12.1. The topological polar surface area (TPSA) is 150 Å². The number of benzene rings is 2. The summed E-state index contributed by atoms with van der Waals surface area (Å²) >= 11 is 0. The molecule has 1 fully saturated rings. The number of ether oxygens (including phenoxy) is 2. The van der Waals surface area contributed by atoms with Gasteiger partial charge in [0, 0.05) is 23.4 Å². The van der Waals surface area contributed by atoms with Crippen LogP contribution in [0.5, 0.6) is 11.5 Å². The molecule has 0 bridgehead atoms. The number of aryl methyl sites for hydroxylation is 1. The summed E-state index contributed by atoms with van der Waals surface area (Å²) in [7, 11) is 0. The molecule has 5 N–H and O–H groups in total. The molecule has 0 spiro atoms. The van der Waals surface area contributed by atoms with E-state index in [0.29, 0.717) is 22.9 Å². The van der Waals surface area contributed by atoms with E-state index in [4.69, 9.17) is 13.9 Å². The Morgan fingerprint density at radius 1 is 1.03 bits per heavy atom. The number of aliphatic hydroxyl groups is 4. The molecule has 1 saturated heterocycles. The molecule has 0 saturated carbocycles. The molecule has 170 valence electrons. The monoisotopic (exact) mass is 444 g/mol. The van der Waals surface area contributed by atoms with Gasteiger partial charge in [-0.15, -0.1) is 0 Å². The normalized spacial score (nSPS) is 25.7. The summed E-state index contributed by atoms with van der Waals surface area (Å²) in [5, 5.41) is 50.3. The van der Waals surface area contributed by atoms with Crippen LogP contribution in [0.3, 0.4) is 0 Å². The zero-order valence-electron chi connectivity index (χ0n) is 17.2. The average Bonchev–Trinajstić information content (AvgIpc) is 2.79. The van der Waals surface area contributed by atoms with Gasteiger partial charge in [-0.2, -0.15) is 0 Å². The quantitative estimate of drug-likeness (QED) is 0.356. The summed E-state index contributed by atoms with van der Waals surface area (Å²) in [4.78, 5) is 12.6. The highest BCUT2D eigenvalue weighted by Gasteiger charge is 2.45. The fourth-order valence-corrected chi connectivity index (χ4v) is 3.79. The maximum absolute atomic E-state index is 12.6. The largest absolute Gasteiger partial charge is 0.504 e. The molecule has 1 aliphatic heterocycles. The molecule has 4 rings (SSSR count). The summed E-state index contributed by atoms with van der Waals surface area (Å²) in [6.07, 6.45) is -7.10. The number of fused-ring (bicyclic) bond motifs is 1. The molecule has 32 heavy (non-hydrogen) atoms. The van der Waals surface area contributed by atoms with E-state index in [0.717, 1.165) is 5.56 Å². The Morgan fingerprint density at radius 2 is 1.75 bits per heavy atom. The van der Waals surface area contributed by atoms with E-state index < -0.39 is 42.9 Å². The molecule has 0 amide bonds. The van der Waals surface area contributed by atoms with Gasteiger partial charge in [-0.1, -0.05) is 30.3 Å². The lowest BCUT2D eigenvalue weighted by Crippen LogP contribution is -2.60. The zero-order valence-corrected chi connectivity index (χ0v) is 17.2. The fraction of sp³-hybridized carbons (Fsp3) is 0.348. The number of hydrogen-bond acceptors (Lipinski definition) is 9. The molecule has 0 radical (unpaired) electrons. The van der Waals surface area contributed by atoms with E-state index in [1.54, 1.807) is 6.92 Å². The van der Waals surface area contributed by atoms with Crippen molar-refractivity contribution in [2.75, 3.05) is 6.61 Å². The van der Waals surface area contributed by atoms with Crippen LogP contribution >= 0.6 is 0 Å². The Bertz CT molecular complexity index is 1160. The fourth-order valence-electron chi connectivity index (χ4n) is 3.79. The van der Waals surface area contributed by atoms with E-state index in [-0.39, 0.29) is 17.1 Å². The summed E-state index contributed by atoms with van der Waals surface area (Å²) in [5.74, 6) is -0.475. The molecule has 1 aliphatic rings. The van der Waals surface area contributed by atoms with Crippen molar-refractivity contribution < 1.29 is 39.4 Å².